The van der Waals surface area contributed by atoms with Crippen molar-refractivity contribution in [2.45, 2.75) is 24.6 Å². The van der Waals surface area contributed by atoms with Gasteiger partial charge in [0, 0.05) is 18.5 Å². The predicted molar refractivity (Wildman–Crippen MR) is 62.3 cm³/mol. The summed E-state index contributed by atoms with van der Waals surface area (Å²) >= 11 is 0. The Morgan fingerprint density at radius 1 is 1.38 bits per heavy atom. The molecule has 1 saturated heterocycles. The summed E-state index contributed by atoms with van der Waals surface area (Å²) in [6.45, 7) is 0.651. The molecule has 0 amide bonds. The third-order valence-corrected chi connectivity index (χ3v) is 3.13. The van der Waals surface area contributed by atoms with Crippen LogP contribution in [0.1, 0.15) is 17.9 Å². The smallest absolute Gasteiger partial charge is 0.118 e. The van der Waals surface area contributed by atoms with Crippen LogP contribution in [0, 0.1) is 0 Å². The Hall–Kier alpha value is -1.10. The second-order valence-corrected chi connectivity index (χ2v) is 4.20. The Morgan fingerprint density at radius 2 is 2.06 bits per heavy atom. The molecule has 1 aromatic rings. The molecule has 1 aromatic carbocycles. The van der Waals surface area contributed by atoms with Gasteiger partial charge in [-0.05, 0) is 24.1 Å². The van der Waals surface area contributed by atoms with Crippen LogP contribution in [0.2, 0.25) is 0 Å². The number of nitrogens with one attached hydrogen (secondary N) is 1. The molecule has 1 heterocycles. The number of methoxy groups -OCH3 is 1. The number of ether oxygens (including phenoxy) is 1. The number of hydrogen-bond acceptors (Lipinski definition) is 4. The van der Waals surface area contributed by atoms with Gasteiger partial charge in [0.2, 0.25) is 0 Å². The van der Waals surface area contributed by atoms with E-state index in [1.54, 1.807) is 7.11 Å². The zero-order chi connectivity index (χ0) is 11.5. The lowest BCUT2D eigenvalue weighted by Crippen LogP contribution is -2.49. The average molecular weight is 222 g/mol. The minimum atomic E-state index is -0.452. The number of hydrogen-bond donors (Lipinski definition) is 3. The maximum Gasteiger partial charge on any atom is 0.118 e. The van der Waals surface area contributed by atoms with Gasteiger partial charge in [0.05, 0.1) is 7.11 Å². The molecule has 1 fully saturated rings. The Bertz CT molecular complexity index is 339. The summed E-state index contributed by atoms with van der Waals surface area (Å²) in [6.07, 6.45) is 0.208. The summed E-state index contributed by atoms with van der Waals surface area (Å²) in [5.74, 6) is 1.05. The lowest BCUT2D eigenvalue weighted by atomic mass is 9.86. The zero-order valence-corrected chi connectivity index (χ0v) is 9.39. The standard InChI is InChI=1S/C12H18N2O2/c1-16-9-4-2-8(3-5-9)10-6-12(15)14-7-11(10)13/h2-5,10-12,14-15H,6-7,13H2,1H3. The largest absolute Gasteiger partial charge is 0.497 e. The highest BCUT2D eigenvalue weighted by atomic mass is 16.5. The maximum absolute atomic E-state index is 9.57. The van der Waals surface area contributed by atoms with Gasteiger partial charge in [-0.25, -0.2) is 0 Å². The van der Waals surface area contributed by atoms with Crippen LogP contribution in [0.25, 0.3) is 0 Å². The van der Waals surface area contributed by atoms with Crippen LogP contribution in [0.4, 0.5) is 0 Å². The van der Waals surface area contributed by atoms with Crippen molar-refractivity contribution < 1.29 is 9.84 Å². The normalized spacial score (nSPS) is 30.1. The monoisotopic (exact) mass is 222 g/mol. The SMILES string of the molecule is COc1ccc(C2CC(O)NCC2N)cc1. The molecular formula is C12H18N2O2. The van der Waals surface area contributed by atoms with Gasteiger partial charge in [-0.1, -0.05) is 12.1 Å². The molecule has 0 aromatic heterocycles. The summed E-state index contributed by atoms with van der Waals surface area (Å²) in [4.78, 5) is 0. The number of rotatable bonds is 2. The van der Waals surface area contributed by atoms with Gasteiger partial charge in [-0.2, -0.15) is 0 Å². The molecule has 0 aliphatic carbocycles. The summed E-state index contributed by atoms with van der Waals surface area (Å²) in [5, 5.41) is 12.5. The number of benzene rings is 1. The van der Waals surface area contributed by atoms with Gasteiger partial charge in [0.1, 0.15) is 12.0 Å². The minimum Gasteiger partial charge on any atom is -0.497 e. The topological polar surface area (TPSA) is 67.5 Å². The molecule has 0 radical (unpaired) electrons. The molecule has 3 unspecified atom stereocenters. The molecule has 4 nitrogen and oxygen atoms in total. The highest BCUT2D eigenvalue weighted by molar-refractivity contribution is 5.30. The first-order valence-corrected chi connectivity index (χ1v) is 5.51. The van der Waals surface area contributed by atoms with Crippen molar-refractivity contribution in [2.24, 2.45) is 5.73 Å². The van der Waals surface area contributed by atoms with Crippen molar-refractivity contribution in [3.05, 3.63) is 29.8 Å². The predicted octanol–water partition coefficient (Wildman–Crippen LogP) is 0.418. The molecule has 88 valence electrons. The van der Waals surface area contributed by atoms with E-state index in [9.17, 15) is 5.11 Å². The van der Waals surface area contributed by atoms with Crippen LogP contribution >= 0.6 is 0 Å². The van der Waals surface area contributed by atoms with Crippen LogP contribution in [-0.4, -0.2) is 31.0 Å². The van der Waals surface area contributed by atoms with Crippen molar-refractivity contribution in [3.8, 4) is 5.75 Å². The molecule has 0 saturated carbocycles. The molecule has 3 atom stereocenters. The van der Waals surface area contributed by atoms with E-state index in [2.05, 4.69) is 5.32 Å². The van der Waals surface area contributed by atoms with Gasteiger partial charge in [-0.15, -0.1) is 0 Å². The quantitative estimate of drug-likeness (QED) is 0.678. The third-order valence-electron chi connectivity index (χ3n) is 3.13. The van der Waals surface area contributed by atoms with E-state index in [0.717, 1.165) is 11.3 Å². The van der Waals surface area contributed by atoms with Crippen molar-refractivity contribution >= 4 is 0 Å². The fourth-order valence-corrected chi connectivity index (χ4v) is 2.15. The summed E-state index contributed by atoms with van der Waals surface area (Å²) < 4.78 is 5.11. The Labute approximate surface area is 95.4 Å². The van der Waals surface area contributed by atoms with E-state index < -0.39 is 6.23 Å². The van der Waals surface area contributed by atoms with E-state index >= 15 is 0 Å². The first-order chi connectivity index (χ1) is 7.70. The van der Waals surface area contributed by atoms with Gasteiger partial charge >= 0.3 is 0 Å². The van der Waals surface area contributed by atoms with E-state index in [1.807, 2.05) is 24.3 Å². The van der Waals surface area contributed by atoms with E-state index in [0.29, 0.717) is 13.0 Å². The second kappa shape index (κ2) is 4.82. The van der Waals surface area contributed by atoms with Gasteiger partial charge in [-0.3, -0.25) is 5.32 Å². The first kappa shape index (κ1) is 11.4. The molecule has 1 aliphatic rings. The summed E-state index contributed by atoms with van der Waals surface area (Å²) in [5.41, 5.74) is 7.20. The third kappa shape index (κ3) is 2.35. The molecule has 4 heteroatoms. The average Bonchev–Trinajstić information content (AvgIpc) is 2.32. The highest BCUT2D eigenvalue weighted by Crippen LogP contribution is 2.27. The molecule has 4 N–H and O–H groups in total. The zero-order valence-electron chi connectivity index (χ0n) is 9.39. The Morgan fingerprint density at radius 3 is 2.69 bits per heavy atom. The fourth-order valence-electron chi connectivity index (χ4n) is 2.15. The summed E-state index contributed by atoms with van der Waals surface area (Å²) in [6, 6.07) is 7.94. The molecular weight excluding hydrogens is 204 g/mol. The van der Waals surface area contributed by atoms with E-state index in [-0.39, 0.29) is 12.0 Å². The number of aliphatic hydroxyl groups is 1. The van der Waals surface area contributed by atoms with E-state index in [1.165, 1.54) is 0 Å². The highest BCUT2D eigenvalue weighted by Gasteiger charge is 2.27. The minimum absolute atomic E-state index is 0.0526. The van der Waals surface area contributed by atoms with Crippen LogP contribution in [0.3, 0.4) is 0 Å². The molecule has 0 spiro atoms. The lowest BCUT2D eigenvalue weighted by Gasteiger charge is -2.33. The van der Waals surface area contributed by atoms with Gasteiger partial charge in [0.15, 0.2) is 0 Å². The maximum atomic E-state index is 9.57. The van der Waals surface area contributed by atoms with Crippen LogP contribution < -0.4 is 15.8 Å². The number of aliphatic hydroxyl groups excluding tert-OH is 1. The van der Waals surface area contributed by atoms with Crippen molar-refractivity contribution in [1.82, 2.24) is 5.32 Å². The number of piperidine rings is 1. The Kier molecular flexibility index (Phi) is 3.43. The van der Waals surface area contributed by atoms with Crippen molar-refractivity contribution in [3.63, 3.8) is 0 Å². The van der Waals surface area contributed by atoms with Gasteiger partial charge < -0.3 is 15.6 Å². The van der Waals surface area contributed by atoms with Crippen LogP contribution in [-0.2, 0) is 0 Å². The van der Waals surface area contributed by atoms with Crippen molar-refractivity contribution in [1.29, 1.82) is 0 Å². The molecule has 16 heavy (non-hydrogen) atoms. The Balaban J connectivity index is 2.15. The molecule has 2 rings (SSSR count). The molecule has 1 aliphatic heterocycles. The van der Waals surface area contributed by atoms with Crippen molar-refractivity contribution in [2.75, 3.05) is 13.7 Å². The fraction of sp³-hybridized carbons (Fsp3) is 0.500. The number of nitrogens with two attached hydrogens (primary N) is 1. The lowest BCUT2D eigenvalue weighted by molar-refractivity contribution is 0.0903. The molecule has 0 bridgehead atoms. The summed E-state index contributed by atoms with van der Waals surface area (Å²) in [7, 11) is 1.65. The first-order valence-electron chi connectivity index (χ1n) is 5.51. The van der Waals surface area contributed by atoms with E-state index in [4.69, 9.17) is 10.5 Å². The second-order valence-electron chi connectivity index (χ2n) is 4.20. The van der Waals surface area contributed by atoms with Crippen LogP contribution in [0.15, 0.2) is 24.3 Å². The van der Waals surface area contributed by atoms with Gasteiger partial charge in [0.25, 0.3) is 0 Å². The van der Waals surface area contributed by atoms with Crippen LogP contribution in [0.5, 0.6) is 5.75 Å².